The van der Waals surface area contributed by atoms with E-state index in [9.17, 15) is 8.42 Å². The second-order valence-electron chi connectivity index (χ2n) is 5.25. The van der Waals surface area contributed by atoms with Gasteiger partial charge in [-0.3, -0.25) is 0 Å². The zero-order chi connectivity index (χ0) is 14.0. The fourth-order valence-corrected chi connectivity index (χ4v) is 3.76. The molecular weight excluding hydrogens is 260 g/mol. The van der Waals surface area contributed by atoms with Crippen LogP contribution in [0.25, 0.3) is 0 Å². The Morgan fingerprint density at radius 2 is 2.11 bits per heavy atom. The van der Waals surface area contributed by atoms with Gasteiger partial charge in [0.1, 0.15) is 0 Å². The van der Waals surface area contributed by atoms with E-state index in [1.54, 1.807) is 22.5 Å². The molecule has 0 aliphatic heterocycles. The molecular formula is C14H18N2O2S. The Labute approximate surface area is 114 Å². The molecule has 0 N–H and O–H groups in total. The van der Waals surface area contributed by atoms with Gasteiger partial charge in [-0.25, -0.2) is 8.42 Å². The largest absolute Gasteiger partial charge is 0.243 e. The van der Waals surface area contributed by atoms with Gasteiger partial charge in [-0.05, 0) is 50.8 Å². The van der Waals surface area contributed by atoms with Crippen molar-refractivity contribution in [2.24, 2.45) is 5.92 Å². The molecule has 1 aromatic carbocycles. The van der Waals surface area contributed by atoms with Crippen LogP contribution in [-0.2, 0) is 10.0 Å². The molecule has 0 heterocycles. The summed E-state index contributed by atoms with van der Waals surface area (Å²) in [6.07, 6.45) is 2.22. The van der Waals surface area contributed by atoms with Crippen molar-refractivity contribution in [3.8, 4) is 6.07 Å². The summed E-state index contributed by atoms with van der Waals surface area (Å²) >= 11 is 0. The summed E-state index contributed by atoms with van der Waals surface area (Å²) in [6.45, 7) is 4.35. The summed E-state index contributed by atoms with van der Waals surface area (Å²) < 4.78 is 26.8. The summed E-state index contributed by atoms with van der Waals surface area (Å²) in [7, 11) is -3.51. The predicted molar refractivity (Wildman–Crippen MR) is 72.9 cm³/mol. The summed E-state index contributed by atoms with van der Waals surface area (Å²) in [5.41, 5.74) is 0.371. The van der Waals surface area contributed by atoms with Gasteiger partial charge in [0, 0.05) is 12.6 Å². The smallest absolute Gasteiger partial charge is 0.207 e. The summed E-state index contributed by atoms with van der Waals surface area (Å²) in [5, 5.41) is 8.87. The van der Waals surface area contributed by atoms with Crippen molar-refractivity contribution >= 4 is 10.0 Å². The summed E-state index contributed by atoms with van der Waals surface area (Å²) in [4.78, 5) is 0.209. The van der Waals surface area contributed by atoms with Gasteiger partial charge in [-0.2, -0.15) is 9.57 Å². The van der Waals surface area contributed by atoms with Crippen LogP contribution in [0.3, 0.4) is 0 Å². The van der Waals surface area contributed by atoms with Crippen molar-refractivity contribution in [3.63, 3.8) is 0 Å². The lowest BCUT2D eigenvalue weighted by molar-refractivity contribution is 0.341. The molecule has 5 heteroatoms. The first-order valence-corrected chi connectivity index (χ1v) is 7.91. The molecule has 1 aromatic rings. The van der Waals surface area contributed by atoms with Crippen LogP contribution in [0.2, 0.25) is 0 Å². The molecule has 19 heavy (non-hydrogen) atoms. The van der Waals surface area contributed by atoms with Crippen LogP contribution >= 0.6 is 0 Å². The Morgan fingerprint density at radius 3 is 2.63 bits per heavy atom. The van der Waals surface area contributed by atoms with E-state index in [0.717, 1.165) is 12.8 Å². The highest BCUT2D eigenvalue weighted by Gasteiger charge is 2.33. The summed E-state index contributed by atoms with van der Waals surface area (Å²) in [5.74, 6) is 0.497. The maximum atomic E-state index is 12.6. The maximum Gasteiger partial charge on any atom is 0.243 e. The minimum atomic E-state index is -3.51. The zero-order valence-corrected chi connectivity index (χ0v) is 12.0. The van der Waals surface area contributed by atoms with Crippen molar-refractivity contribution in [3.05, 3.63) is 29.8 Å². The Kier molecular flexibility index (Phi) is 3.93. The van der Waals surface area contributed by atoms with Gasteiger partial charge in [0.05, 0.1) is 16.5 Å². The topological polar surface area (TPSA) is 61.2 Å². The lowest BCUT2D eigenvalue weighted by Gasteiger charge is -2.26. The van der Waals surface area contributed by atoms with Gasteiger partial charge in [0.15, 0.2) is 0 Å². The molecule has 1 saturated carbocycles. The van der Waals surface area contributed by atoms with E-state index in [4.69, 9.17) is 5.26 Å². The van der Waals surface area contributed by atoms with Gasteiger partial charge < -0.3 is 0 Å². The predicted octanol–water partition coefficient (Wildman–Crippen LogP) is 2.37. The second-order valence-corrected chi connectivity index (χ2v) is 7.14. The van der Waals surface area contributed by atoms with Crippen molar-refractivity contribution in [1.29, 1.82) is 5.26 Å². The minimum absolute atomic E-state index is 0.0728. The molecule has 1 fully saturated rings. The van der Waals surface area contributed by atoms with Crippen LogP contribution in [0.4, 0.5) is 0 Å². The van der Waals surface area contributed by atoms with Crippen LogP contribution in [0, 0.1) is 17.2 Å². The van der Waals surface area contributed by atoms with Crippen LogP contribution in [0.15, 0.2) is 29.2 Å². The van der Waals surface area contributed by atoms with Gasteiger partial charge in [0.2, 0.25) is 10.0 Å². The molecule has 0 unspecified atom stereocenters. The van der Waals surface area contributed by atoms with Gasteiger partial charge in [-0.15, -0.1) is 0 Å². The zero-order valence-electron chi connectivity index (χ0n) is 11.2. The first kappa shape index (κ1) is 14.0. The first-order chi connectivity index (χ1) is 8.95. The molecule has 0 bridgehead atoms. The third-order valence-electron chi connectivity index (χ3n) is 3.28. The SMILES string of the molecule is CC(C)N(CC1CC1)S(=O)(=O)c1cccc(C#N)c1. The third kappa shape index (κ3) is 3.14. The fourth-order valence-electron chi connectivity index (χ4n) is 2.00. The monoisotopic (exact) mass is 278 g/mol. The molecule has 0 amide bonds. The van der Waals surface area contributed by atoms with Gasteiger partial charge >= 0.3 is 0 Å². The second kappa shape index (κ2) is 5.32. The maximum absolute atomic E-state index is 12.6. The van der Waals surface area contributed by atoms with Crippen LogP contribution in [0.5, 0.6) is 0 Å². The average molecular weight is 278 g/mol. The standard InChI is InChI=1S/C14H18N2O2S/c1-11(2)16(10-12-6-7-12)19(17,18)14-5-3-4-13(8-14)9-15/h3-5,8,11-12H,6-7,10H2,1-2H3. The van der Waals surface area contributed by atoms with Crippen LogP contribution < -0.4 is 0 Å². The molecule has 102 valence electrons. The van der Waals surface area contributed by atoms with E-state index in [0.29, 0.717) is 18.0 Å². The first-order valence-electron chi connectivity index (χ1n) is 6.47. The van der Waals surface area contributed by atoms with Gasteiger partial charge in [0.25, 0.3) is 0 Å². The van der Waals surface area contributed by atoms with Crippen LogP contribution in [-0.4, -0.2) is 25.3 Å². The molecule has 1 aliphatic carbocycles. The van der Waals surface area contributed by atoms with Crippen molar-refractivity contribution in [2.75, 3.05) is 6.54 Å². The number of nitrogens with zero attached hydrogens (tertiary/aromatic N) is 2. The normalized spacial score (nSPS) is 15.7. The lowest BCUT2D eigenvalue weighted by Crippen LogP contribution is -2.38. The van der Waals surface area contributed by atoms with E-state index in [1.807, 2.05) is 19.9 Å². The molecule has 0 radical (unpaired) electrons. The van der Waals surface area contributed by atoms with E-state index in [2.05, 4.69) is 0 Å². The molecule has 0 aromatic heterocycles. The number of nitriles is 1. The highest BCUT2D eigenvalue weighted by molar-refractivity contribution is 7.89. The third-order valence-corrected chi connectivity index (χ3v) is 5.32. The van der Waals surface area contributed by atoms with Crippen molar-refractivity contribution in [2.45, 2.75) is 37.6 Å². The number of hydrogen-bond acceptors (Lipinski definition) is 3. The van der Waals surface area contributed by atoms with E-state index < -0.39 is 10.0 Å². The Hall–Kier alpha value is -1.38. The number of benzene rings is 1. The number of sulfonamides is 1. The lowest BCUT2D eigenvalue weighted by atomic mass is 10.2. The molecule has 0 spiro atoms. The Bertz CT molecular complexity index is 598. The van der Waals surface area contributed by atoms with E-state index in [1.165, 1.54) is 6.07 Å². The van der Waals surface area contributed by atoms with Crippen LogP contribution in [0.1, 0.15) is 32.3 Å². The molecule has 4 nitrogen and oxygen atoms in total. The highest BCUT2D eigenvalue weighted by atomic mass is 32.2. The number of hydrogen-bond donors (Lipinski definition) is 0. The van der Waals surface area contributed by atoms with Crippen molar-refractivity contribution < 1.29 is 8.42 Å². The molecule has 2 rings (SSSR count). The van der Waals surface area contributed by atoms with Crippen molar-refractivity contribution in [1.82, 2.24) is 4.31 Å². The quantitative estimate of drug-likeness (QED) is 0.830. The Balaban J connectivity index is 2.35. The fraction of sp³-hybridized carbons (Fsp3) is 0.500. The molecule has 1 aliphatic rings. The molecule has 0 saturated heterocycles. The average Bonchev–Trinajstić information content (AvgIpc) is 3.19. The minimum Gasteiger partial charge on any atom is -0.207 e. The molecule has 0 atom stereocenters. The summed E-state index contributed by atoms with van der Waals surface area (Å²) in [6, 6.07) is 8.12. The van der Waals surface area contributed by atoms with E-state index >= 15 is 0 Å². The Morgan fingerprint density at radius 1 is 1.42 bits per heavy atom. The number of rotatable bonds is 5. The highest BCUT2D eigenvalue weighted by Crippen LogP contribution is 2.32. The van der Waals surface area contributed by atoms with E-state index in [-0.39, 0.29) is 10.9 Å². The van der Waals surface area contributed by atoms with Gasteiger partial charge in [-0.1, -0.05) is 6.07 Å².